The van der Waals surface area contributed by atoms with E-state index in [2.05, 4.69) is 27.7 Å². The second-order valence-electron chi connectivity index (χ2n) is 9.83. The Bertz CT molecular complexity index is 1180. The van der Waals surface area contributed by atoms with E-state index in [4.69, 9.17) is 16.6 Å². The number of rotatable bonds is 6. The van der Waals surface area contributed by atoms with Crippen molar-refractivity contribution in [3.63, 3.8) is 0 Å². The van der Waals surface area contributed by atoms with Crippen LogP contribution in [0.25, 0.3) is 16.6 Å². The van der Waals surface area contributed by atoms with E-state index >= 15 is 0 Å². The first-order valence-electron chi connectivity index (χ1n) is 11.0. The highest BCUT2D eigenvalue weighted by atomic mass is 35.5. The zero-order valence-corrected chi connectivity index (χ0v) is 20.5. The topological polar surface area (TPSA) is 55.2 Å². The molecule has 0 bridgehead atoms. The molecule has 0 saturated carbocycles. The van der Waals surface area contributed by atoms with Gasteiger partial charge in [-0.3, -0.25) is 14.2 Å². The van der Waals surface area contributed by atoms with Gasteiger partial charge in [0, 0.05) is 13.5 Å². The summed E-state index contributed by atoms with van der Waals surface area (Å²) in [6.07, 6.45) is 1.40. The van der Waals surface area contributed by atoms with Gasteiger partial charge >= 0.3 is 0 Å². The van der Waals surface area contributed by atoms with E-state index in [1.807, 2.05) is 37.3 Å². The summed E-state index contributed by atoms with van der Waals surface area (Å²) >= 11 is 6.46. The van der Waals surface area contributed by atoms with E-state index in [-0.39, 0.29) is 22.8 Å². The third kappa shape index (κ3) is 5.21. The molecule has 0 radical (unpaired) electrons. The quantitative estimate of drug-likeness (QED) is 0.458. The maximum Gasteiger partial charge on any atom is 0.266 e. The Balaban J connectivity index is 2.05. The van der Waals surface area contributed by atoms with Crippen LogP contribution in [-0.4, -0.2) is 27.4 Å². The highest BCUT2D eigenvalue weighted by Gasteiger charge is 2.26. The molecule has 3 aromatic rings. The molecule has 2 aromatic carbocycles. The Kier molecular flexibility index (Phi) is 7.09. The number of benzene rings is 2. The Morgan fingerprint density at radius 2 is 1.72 bits per heavy atom. The highest BCUT2D eigenvalue weighted by molar-refractivity contribution is 6.32. The third-order valence-corrected chi connectivity index (χ3v) is 6.05. The van der Waals surface area contributed by atoms with Crippen LogP contribution in [0.4, 0.5) is 0 Å². The Labute approximate surface area is 195 Å². The van der Waals surface area contributed by atoms with Crippen molar-refractivity contribution >= 4 is 28.4 Å². The van der Waals surface area contributed by atoms with Crippen LogP contribution >= 0.6 is 11.6 Å². The Hall–Kier alpha value is -2.66. The number of para-hydroxylation sites is 2. The fourth-order valence-electron chi connectivity index (χ4n) is 4.24. The van der Waals surface area contributed by atoms with Crippen LogP contribution in [0.15, 0.2) is 53.3 Å². The molecule has 170 valence electrons. The van der Waals surface area contributed by atoms with Crippen molar-refractivity contribution in [3.8, 4) is 5.69 Å². The van der Waals surface area contributed by atoms with Gasteiger partial charge in [0.05, 0.1) is 27.7 Å². The first-order valence-corrected chi connectivity index (χ1v) is 11.4. The lowest BCUT2D eigenvalue weighted by Crippen LogP contribution is -2.35. The van der Waals surface area contributed by atoms with Gasteiger partial charge < -0.3 is 4.90 Å². The number of halogens is 1. The fourth-order valence-corrected chi connectivity index (χ4v) is 4.47. The minimum atomic E-state index is -0.419. The summed E-state index contributed by atoms with van der Waals surface area (Å²) in [6, 6.07) is 14.0. The van der Waals surface area contributed by atoms with Crippen LogP contribution in [0, 0.1) is 11.3 Å². The van der Waals surface area contributed by atoms with Gasteiger partial charge in [0.1, 0.15) is 5.82 Å². The molecule has 1 heterocycles. The van der Waals surface area contributed by atoms with Crippen molar-refractivity contribution in [2.24, 2.45) is 11.3 Å². The summed E-state index contributed by atoms with van der Waals surface area (Å²) < 4.78 is 1.54. The van der Waals surface area contributed by atoms with Crippen molar-refractivity contribution < 1.29 is 4.79 Å². The molecule has 5 nitrogen and oxygen atoms in total. The summed E-state index contributed by atoms with van der Waals surface area (Å²) in [5.74, 6) is 0.774. The average molecular weight is 454 g/mol. The zero-order valence-electron chi connectivity index (χ0n) is 19.7. The second-order valence-corrected chi connectivity index (χ2v) is 10.2. The zero-order chi connectivity index (χ0) is 23.6. The summed E-state index contributed by atoms with van der Waals surface area (Å²) in [6.45, 7) is 10.6. The van der Waals surface area contributed by atoms with Crippen LogP contribution in [0.2, 0.25) is 5.02 Å². The first-order chi connectivity index (χ1) is 15.0. The molecule has 1 amide bonds. The molecule has 32 heavy (non-hydrogen) atoms. The third-order valence-electron chi connectivity index (χ3n) is 5.73. The van der Waals surface area contributed by atoms with Crippen molar-refractivity contribution in [2.75, 3.05) is 7.05 Å². The second kappa shape index (κ2) is 9.45. The maximum atomic E-state index is 13.5. The number of hydrogen-bond donors (Lipinski definition) is 0. The molecule has 1 aromatic heterocycles. The standard InChI is InChI=1S/C26H32ClN3O2/c1-17(16-26(3,4)5)15-23(31)29(6)18(2)24-28-21-13-9-7-11-19(21)25(32)30(24)22-14-10-8-12-20(22)27/h7-14,17-18H,15-16H2,1-6H3. The minimum absolute atomic E-state index is 0.0300. The smallest absolute Gasteiger partial charge is 0.266 e. The molecular weight excluding hydrogens is 422 g/mol. The van der Waals surface area contributed by atoms with E-state index < -0.39 is 6.04 Å². The van der Waals surface area contributed by atoms with Crippen LogP contribution < -0.4 is 5.56 Å². The molecular formula is C26H32ClN3O2. The lowest BCUT2D eigenvalue weighted by molar-refractivity contribution is -0.133. The van der Waals surface area contributed by atoms with Gasteiger partial charge in [-0.25, -0.2) is 4.98 Å². The Morgan fingerprint density at radius 3 is 2.38 bits per heavy atom. The van der Waals surface area contributed by atoms with E-state index in [0.717, 1.165) is 6.42 Å². The molecule has 3 rings (SSSR count). The van der Waals surface area contributed by atoms with Gasteiger partial charge in [-0.1, -0.05) is 63.6 Å². The van der Waals surface area contributed by atoms with Crippen LogP contribution in [0.5, 0.6) is 0 Å². The van der Waals surface area contributed by atoms with Crippen molar-refractivity contribution in [1.29, 1.82) is 0 Å². The first kappa shape index (κ1) is 24.0. The molecule has 0 aliphatic heterocycles. The average Bonchev–Trinajstić information content (AvgIpc) is 2.72. The number of carbonyl (C=O) groups excluding carboxylic acids is 1. The number of fused-ring (bicyclic) bond motifs is 1. The number of nitrogens with zero attached hydrogens (tertiary/aromatic N) is 3. The molecule has 0 aliphatic rings. The van der Waals surface area contributed by atoms with Gasteiger partial charge in [0.25, 0.3) is 5.56 Å². The van der Waals surface area contributed by atoms with Crippen molar-refractivity contribution in [1.82, 2.24) is 14.5 Å². The van der Waals surface area contributed by atoms with Gasteiger partial charge in [-0.2, -0.15) is 0 Å². The number of carbonyl (C=O) groups is 1. The van der Waals surface area contributed by atoms with Crippen molar-refractivity contribution in [2.45, 2.75) is 53.5 Å². The number of hydrogen-bond acceptors (Lipinski definition) is 3. The molecule has 6 heteroatoms. The molecule has 0 spiro atoms. The fraction of sp³-hybridized carbons (Fsp3) is 0.423. The van der Waals surface area contributed by atoms with Crippen LogP contribution in [0.3, 0.4) is 0 Å². The van der Waals surface area contributed by atoms with E-state index in [0.29, 0.717) is 33.9 Å². The SMILES string of the molecule is CC(CC(=O)N(C)C(C)c1nc2ccccc2c(=O)n1-c1ccccc1Cl)CC(C)(C)C. The largest absolute Gasteiger partial charge is 0.336 e. The van der Waals surface area contributed by atoms with Crippen LogP contribution in [0.1, 0.15) is 59.3 Å². The van der Waals surface area contributed by atoms with Gasteiger partial charge in [-0.15, -0.1) is 0 Å². The summed E-state index contributed by atoms with van der Waals surface area (Å²) in [7, 11) is 1.77. The van der Waals surface area contributed by atoms with Gasteiger partial charge in [-0.05, 0) is 48.9 Å². The van der Waals surface area contributed by atoms with Crippen LogP contribution in [-0.2, 0) is 4.79 Å². The summed E-state index contributed by atoms with van der Waals surface area (Å²) in [4.78, 5) is 33.1. The predicted octanol–water partition coefficient (Wildman–Crippen LogP) is 6.02. The van der Waals surface area contributed by atoms with Gasteiger partial charge in [0.15, 0.2) is 0 Å². The normalized spacial score (nSPS) is 13.7. The van der Waals surface area contributed by atoms with Crippen molar-refractivity contribution in [3.05, 3.63) is 69.7 Å². The number of aromatic nitrogens is 2. The Morgan fingerprint density at radius 1 is 1.09 bits per heavy atom. The molecule has 0 N–H and O–H groups in total. The molecule has 2 unspecified atom stereocenters. The maximum absolute atomic E-state index is 13.5. The minimum Gasteiger partial charge on any atom is -0.336 e. The molecule has 2 atom stereocenters. The lowest BCUT2D eigenvalue weighted by atomic mass is 9.84. The monoisotopic (exact) mass is 453 g/mol. The molecule has 0 fully saturated rings. The van der Waals surface area contributed by atoms with Gasteiger partial charge in [0.2, 0.25) is 5.91 Å². The number of amides is 1. The summed E-state index contributed by atoms with van der Waals surface area (Å²) in [5.41, 5.74) is 1.12. The molecule has 0 aliphatic carbocycles. The molecule has 0 saturated heterocycles. The summed E-state index contributed by atoms with van der Waals surface area (Å²) in [5, 5.41) is 0.962. The van der Waals surface area contributed by atoms with E-state index in [1.165, 1.54) is 4.57 Å². The highest BCUT2D eigenvalue weighted by Crippen LogP contribution is 2.29. The lowest BCUT2D eigenvalue weighted by Gasteiger charge is -2.29. The van der Waals surface area contributed by atoms with E-state index in [9.17, 15) is 9.59 Å². The van der Waals surface area contributed by atoms with E-state index in [1.54, 1.807) is 30.1 Å². The predicted molar refractivity (Wildman–Crippen MR) is 131 cm³/mol.